The summed E-state index contributed by atoms with van der Waals surface area (Å²) in [6.07, 6.45) is 40.6. The summed E-state index contributed by atoms with van der Waals surface area (Å²) >= 11 is 0. The Kier molecular flexibility index (Phi) is 34.0. The molecule has 9 unspecified atom stereocenters. The Labute approximate surface area is 728 Å². The SMILES string of the molecule is O=C(CC(NC(=O)c1ccccc1)c1ccccc1)C[C@@H]1CCCCCCC1C(=O)N1C(=O)C2CCCCCC[C@H]21.O=C(CC(NC(=O)c1ccccc1)c1ccccc1)C[C@@H]1CCCCCCC1C(=O)N1C(=O)[C@H]2CCCCCCC21.O=C1CC(c2ccccc2)N1C(=O)c1ccccc1.O=C1N[C@@H]2CCCCCCC12.O=C1N[C@@H]2CCCCCCC12. The molecule has 6 aromatic carbocycles. The summed E-state index contributed by atoms with van der Waals surface area (Å²) < 4.78 is 0. The second-order valence-corrected chi connectivity index (χ2v) is 36.6. The number of nitrogens with one attached hydrogen (secondary N) is 4. The van der Waals surface area contributed by atoms with E-state index in [2.05, 4.69) is 21.3 Å². The van der Waals surface area contributed by atoms with Crippen LogP contribution in [0.2, 0.25) is 0 Å². The van der Waals surface area contributed by atoms with Crippen LogP contribution in [0, 0.1) is 47.3 Å². The Morgan fingerprint density at radius 2 is 0.634 bits per heavy atom. The van der Waals surface area contributed by atoms with Gasteiger partial charge in [0.25, 0.3) is 17.7 Å². The molecule has 19 heteroatoms. The largest absolute Gasteiger partial charge is 0.352 e. The van der Waals surface area contributed by atoms with Gasteiger partial charge in [0.05, 0.1) is 60.3 Å². The normalized spacial score (nSPS) is 26.7. The number of benzene rings is 6. The van der Waals surface area contributed by atoms with E-state index in [4.69, 9.17) is 0 Å². The van der Waals surface area contributed by atoms with Gasteiger partial charge in [-0.05, 0) is 142 Å². The first-order valence-electron chi connectivity index (χ1n) is 47.2. The lowest BCUT2D eigenvalue weighted by molar-refractivity contribution is -0.172. The zero-order valence-electron chi connectivity index (χ0n) is 72.2. The number of hydrogen-bond donors (Lipinski definition) is 4. The van der Waals surface area contributed by atoms with Gasteiger partial charge < -0.3 is 21.3 Å². The van der Waals surface area contributed by atoms with Crippen molar-refractivity contribution < 1.29 is 57.5 Å². The minimum atomic E-state index is -0.452. The van der Waals surface area contributed by atoms with Crippen LogP contribution in [-0.2, 0) is 43.2 Å². The fraction of sp³-hybridized carbons (Fsp3) is 0.538. The molecule has 11 fully saturated rings. The number of nitrogens with zero attached hydrogens (tertiary/aromatic N) is 3. The van der Waals surface area contributed by atoms with Crippen LogP contribution in [-0.4, -0.2) is 110 Å². The molecule has 0 spiro atoms. The standard InChI is InChI=1S/2C35H44N2O4.C16H13NO2.2C9H15NO/c2*38-28(24-31(25-15-8-5-9-16-25)36-33(39)26-17-10-6-11-18-26)23-27-19-7-1-2-12-20-29(27)34(40)37-32-22-14-4-3-13-21-30(32)35(37)41;18-15-11-14(12-7-3-1-4-8-12)17(15)16(19)13-9-5-2-6-10-13;2*11-9-7-5-3-1-2-4-6-8(7)10-9/h2*5-6,8-11,15-18,27,29-32H,1-4,7,12-14,19-24H2,(H,36,39);1-10,14H,11H2;2*7-8H,1-6H2,(H,10,11)/t27-,29?,30?,31?,32+;27-,29?,30-,31?,32?;;2*7?,8-/m00.11/s1. The van der Waals surface area contributed by atoms with Gasteiger partial charge >= 0.3 is 0 Å². The van der Waals surface area contributed by atoms with Gasteiger partial charge in [-0.2, -0.15) is 0 Å². The first-order chi connectivity index (χ1) is 60.1. The summed E-state index contributed by atoms with van der Waals surface area (Å²) in [6.45, 7) is 0. The lowest BCUT2D eigenvalue weighted by Crippen LogP contribution is -2.64. The van der Waals surface area contributed by atoms with Crippen molar-refractivity contribution in [3.05, 3.63) is 215 Å². The Bertz CT molecular complexity index is 4270. The lowest BCUT2D eigenvalue weighted by atomic mass is 9.74. The maximum absolute atomic E-state index is 14.0. The number of likely N-dealkylation sites (tertiary alicyclic amines) is 3. The fourth-order valence-electron chi connectivity index (χ4n) is 21.2. The van der Waals surface area contributed by atoms with Crippen molar-refractivity contribution in [1.82, 2.24) is 36.0 Å². The number of hydrogen-bond acceptors (Lipinski definition) is 12. The topological polar surface area (TPSA) is 263 Å². The van der Waals surface area contributed by atoms with Gasteiger partial charge in [0.15, 0.2) is 0 Å². The van der Waals surface area contributed by atoms with E-state index < -0.39 is 12.1 Å². The number of carbonyl (C=O) groups excluding carboxylic acids is 12. The smallest absolute Gasteiger partial charge is 0.261 e. The van der Waals surface area contributed by atoms with E-state index in [1.54, 1.807) is 58.3 Å². The van der Waals surface area contributed by atoms with Crippen LogP contribution in [0.4, 0.5) is 0 Å². The molecule has 6 saturated carbocycles. The van der Waals surface area contributed by atoms with Gasteiger partial charge in [-0.3, -0.25) is 72.2 Å². The quantitative estimate of drug-likeness (QED) is 0.0462. The van der Waals surface area contributed by atoms with E-state index in [9.17, 15) is 57.5 Å². The molecule has 15 atom stereocenters. The number of β-lactam (4-membered cyclic amide) rings is 5. The minimum Gasteiger partial charge on any atom is -0.352 e. The van der Waals surface area contributed by atoms with Crippen molar-refractivity contribution in [1.29, 1.82) is 0 Å². The number of amides is 10. The predicted molar refractivity (Wildman–Crippen MR) is 475 cm³/mol. The summed E-state index contributed by atoms with van der Waals surface area (Å²) in [5, 5.41) is 12.1. The molecule has 6 aromatic rings. The van der Waals surface area contributed by atoms with Crippen LogP contribution < -0.4 is 21.3 Å². The third-order valence-electron chi connectivity index (χ3n) is 28.3. The van der Waals surface area contributed by atoms with Crippen LogP contribution in [0.1, 0.15) is 329 Å². The van der Waals surface area contributed by atoms with Crippen LogP contribution in [0.3, 0.4) is 0 Å². The average Bonchev–Trinajstić information content (AvgIpc) is 0.759. The zero-order chi connectivity index (χ0) is 85.8. The summed E-state index contributed by atoms with van der Waals surface area (Å²) in [4.78, 5) is 158. The van der Waals surface area contributed by atoms with E-state index in [0.29, 0.717) is 71.7 Å². The van der Waals surface area contributed by atoms with E-state index in [1.165, 1.54) is 94.8 Å². The van der Waals surface area contributed by atoms with E-state index in [0.717, 1.165) is 158 Å². The molecule has 5 aliphatic heterocycles. The number of carbonyl (C=O) groups is 12. The van der Waals surface area contributed by atoms with Crippen molar-refractivity contribution in [3.8, 4) is 0 Å². The number of rotatable bonds is 18. The van der Waals surface area contributed by atoms with Crippen molar-refractivity contribution in [2.75, 3.05) is 0 Å². The van der Waals surface area contributed by atoms with Gasteiger partial charge in [-0.1, -0.05) is 300 Å². The Morgan fingerprint density at radius 3 is 0.992 bits per heavy atom. The van der Waals surface area contributed by atoms with Crippen molar-refractivity contribution >= 4 is 70.6 Å². The molecule has 4 N–H and O–H groups in total. The molecule has 5 saturated heterocycles. The maximum Gasteiger partial charge on any atom is 0.261 e. The second-order valence-electron chi connectivity index (χ2n) is 36.6. The molecular formula is C104H131N7O12. The molecule has 0 aromatic heterocycles. The van der Waals surface area contributed by atoms with Crippen molar-refractivity contribution in [3.63, 3.8) is 0 Å². The van der Waals surface area contributed by atoms with Gasteiger partial charge in [-0.15, -0.1) is 0 Å². The lowest BCUT2D eigenvalue weighted by Gasteiger charge is -2.49. The third kappa shape index (κ3) is 24.3. The second kappa shape index (κ2) is 46.1. The number of ketones is 2. The number of fused-ring (bicyclic) bond motifs is 4. The predicted octanol–water partition coefficient (Wildman–Crippen LogP) is 19.3. The Morgan fingerprint density at radius 1 is 0.325 bits per heavy atom. The maximum atomic E-state index is 14.0. The first-order valence-corrected chi connectivity index (χ1v) is 47.2. The fourth-order valence-corrected chi connectivity index (χ4v) is 21.2. The molecule has 654 valence electrons. The molecular weight excluding hydrogens is 1540 g/mol. The number of imide groups is 3. The minimum absolute atomic E-state index is 0.00717. The molecule has 11 aliphatic rings. The highest BCUT2D eigenvalue weighted by Gasteiger charge is 2.54. The molecule has 10 amide bonds. The highest BCUT2D eigenvalue weighted by Crippen LogP contribution is 2.45. The highest BCUT2D eigenvalue weighted by atomic mass is 16.2. The highest BCUT2D eigenvalue weighted by molar-refractivity contribution is 6.08. The van der Waals surface area contributed by atoms with Crippen molar-refractivity contribution in [2.24, 2.45) is 47.3 Å². The van der Waals surface area contributed by atoms with Crippen LogP contribution >= 0.6 is 0 Å². The summed E-state index contributed by atoms with van der Waals surface area (Å²) in [5.41, 5.74) is 4.44. The van der Waals surface area contributed by atoms with Gasteiger partial charge in [0.2, 0.25) is 41.4 Å². The molecule has 0 radical (unpaired) electrons. The van der Waals surface area contributed by atoms with Crippen LogP contribution in [0.25, 0.3) is 0 Å². The summed E-state index contributed by atoms with van der Waals surface area (Å²) in [7, 11) is 0. The number of Topliss-reactive ketones (excluding diaryl/α,β-unsaturated/α-hetero) is 2. The molecule has 6 aliphatic carbocycles. The monoisotopic (exact) mass is 1670 g/mol. The van der Waals surface area contributed by atoms with Crippen molar-refractivity contribution in [2.45, 2.75) is 306 Å². The van der Waals surface area contributed by atoms with Gasteiger partial charge in [0, 0.05) is 66.3 Å². The van der Waals surface area contributed by atoms with Gasteiger partial charge in [0.1, 0.15) is 11.6 Å². The van der Waals surface area contributed by atoms with E-state index in [-0.39, 0.29) is 125 Å². The molecule has 123 heavy (non-hydrogen) atoms. The summed E-state index contributed by atoms with van der Waals surface area (Å²) in [6, 6.07) is 56.1. The molecule has 17 rings (SSSR count). The van der Waals surface area contributed by atoms with E-state index in [1.807, 2.05) is 133 Å². The van der Waals surface area contributed by atoms with Crippen LogP contribution in [0.15, 0.2) is 182 Å². The molecule has 0 bridgehead atoms. The summed E-state index contributed by atoms with van der Waals surface area (Å²) in [5.74, 6) is -0.0171. The van der Waals surface area contributed by atoms with Gasteiger partial charge in [-0.25, -0.2) is 0 Å². The van der Waals surface area contributed by atoms with E-state index >= 15 is 0 Å². The Hall–Kier alpha value is -10.0. The third-order valence-corrected chi connectivity index (χ3v) is 28.3. The Balaban J connectivity index is 0.000000146. The van der Waals surface area contributed by atoms with Crippen LogP contribution in [0.5, 0.6) is 0 Å². The zero-order valence-corrected chi connectivity index (χ0v) is 72.2. The first kappa shape index (κ1) is 90.7. The average molecular weight is 1670 g/mol. The molecule has 5 heterocycles. The molecule has 19 nitrogen and oxygen atoms in total.